The fourth-order valence-corrected chi connectivity index (χ4v) is 2.57. The van der Waals surface area contributed by atoms with Gasteiger partial charge >= 0.3 is 0 Å². The molecule has 0 fully saturated rings. The molecule has 0 unspecified atom stereocenters. The van der Waals surface area contributed by atoms with Gasteiger partial charge in [0.1, 0.15) is 34.9 Å². The Labute approximate surface area is 172 Å². The van der Waals surface area contributed by atoms with Crippen LogP contribution < -0.4 is 21.1 Å². The lowest BCUT2D eigenvalue weighted by molar-refractivity contribution is -0.118. The summed E-state index contributed by atoms with van der Waals surface area (Å²) < 4.78 is 18.7. The number of nitrogens with two attached hydrogens (primary N) is 2. The molecule has 4 N–H and O–H groups in total. The number of halogens is 1. The number of rotatable bonds is 7. The fourth-order valence-electron chi connectivity index (χ4n) is 2.57. The van der Waals surface area contributed by atoms with Gasteiger partial charge in [0.2, 0.25) is 5.91 Å². The van der Waals surface area contributed by atoms with E-state index in [0.717, 1.165) is 0 Å². The van der Waals surface area contributed by atoms with Crippen LogP contribution in [0.2, 0.25) is 0 Å². The van der Waals surface area contributed by atoms with Crippen LogP contribution >= 0.6 is 0 Å². The Morgan fingerprint density at radius 1 is 1.00 bits per heavy atom. The highest BCUT2D eigenvalue weighted by atomic mass is 19.1. The van der Waals surface area contributed by atoms with Crippen LogP contribution in [0.15, 0.2) is 54.6 Å². The van der Waals surface area contributed by atoms with E-state index in [1.807, 2.05) is 0 Å². The first-order chi connectivity index (χ1) is 14.2. The second kappa shape index (κ2) is 8.56. The zero-order valence-corrected chi connectivity index (χ0v) is 16.4. The van der Waals surface area contributed by atoms with E-state index >= 15 is 0 Å². The van der Waals surface area contributed by atoms with Crippen LogP contribution in [0.25, 0.3) is 11.4 Å². The Bertz CT molecular complexity index is 1070. The number of ether oxygens (including phenoxy) is 1. The molecule has 1 aromatic heterocycles. The predicted molar refractivity (Wildman–Crippen MR) is 110 cm³/mol. The second-order valence-electron chi connectivity index (χ2n) is 6.57. The maximum absolute atomic E-state index is 13.0. The third-order valence-electron chi connectivity index (χ3n) is 4.48. The number of aromatic nitrogens is 2. The van der Waals surface area contributed by atoms with E-state index in [1.54, 1.807) is 38.2 Å². The maximum Gasteiger partial charge on any atom is 0.267 e. The Hall–Kier alpha value is -4.01. The summed E-state index contributed by atoms with van der Waals surface area (Å²) in [5, 5.41) is 0. The molecule has 2 amide bonds. The normalized spacial score (nSPS) is 11.6. The minimum atomic E-state index is -0.726. The smallest absolute Gasteiger partial charge is 0.267 e. The number of likely N-dealkylation sites (N-methyl/N-ethyl adjacent to an activating group) is 1. The molecule has 0 spiro atoms. The molecule has 0 bridgehead atoms. The summed E-state index contributed by atoms with van der Waals surface area (Å²) in [6.07, 6.45) is 0. The van der Waals surface area contributed by atoms with Gasteiger partial charge < -0.3 is 21.1 Å². The Balaban J connectivity index is 1.91. The van der Waals surface area contributed by atoms with Crippen LogP contribution in [0.5, 0.6) is 11.5 Å². The topological polar surface area (TPSA) is 124 Å². The molecule has 30 heavy (non-hydrogen) atoms. The van der Waals surface area contributed by atoms with Crippen LogP contribution in [0.4, 0.5) is 10.2 Å². The lowest BCUT2D eigenvalue weighted by Crippen LogP contribution is -2.41. The van der Waals surface area contributed by atoms with Crippen molar-refractivity contribution in [2.45, 2.75) is 13.0 Å². The molecule has 2 aromatic carbocycles. The van der Waals surface area contributed by atoms with Crippen LogP contribution in [0, 0.1) is 5.82 Å². The van der Waals surface area contributed by atoms with Crippen molar-refractivity contribution in [1.82, 2.24) is 9.97 Å². The molecular formula is C21H20FN5O3. The highest BCUT2D eigenvalue weighted by Gasteiger charge is 2.19. The summed E-state index contributed by atoms with van der Waals surface area (Å²) in [6.45, 7) is 1.62. The molecule has 0 radical (unpaired) electrons. The molecule has 3 aromatic rings. The van der Waals surface area contributed by atoms with Crippen molar-refractivity contribution in [1.29, 1.82) is 0 Å². The minimum absolute atomic E-state index is 0.00478. The Kier molecular flexibility index (Phi) is 5.91. The lowest BCUT2D eigenvalue weighted by Gasteiger charge is -2.24. The van der Waals surface area contributed by atoms with Crippen molar-refractivity contribution in [3.05, 3.63) is 66.1 Å². The van der Waals surface area contributed by atoms with Gasteiger partial charge in [0, 0.05) is 18.7 Å². The van der Waals surface area contributed by atoms with Gasteiger partial charge in [-0.1, -0.05) is 0 Å². The van der Waals surface area contributed by atoms with Crippen molar-refractivity contribution >= 4 is 17.6 Å². The molecule has 0 aliphatic heterocycles. The zero-order chi connectivity index (χ0) is 21.8. The molecule has 8 nitrogen and oxygen atoms in total. The van der Waals surface area contributed by atoms with E-state index in [0.29, 0.717) is 22.9 Å². The standard InChI is InChI=1S/C21H20FN5O3/c1-12(19(23)28)27(2)18-11-17(20(24)29)25-21(26-18)13-3-7-15(8-4-13)30-16-9-5-14(22)6-10-16/h3-12H,1-2H3,(H2,23,28)(H2,24,29)/t12-/m1/s1. The second-order valence-corrected chi connectivity index (χ2v) is 6.57. The highest BCUT2D eigenvalue weighted by Crippen LogP contribution is 2.26. The van der Waals surface area contributed by atoms with Gasteiger partial charge in [-0.25, -0.2) is 14.4 Å². The average Bonchev–Trinajstić information content (AvgIpc) is 2.74. The number of nitrogens with zero attached hydrogens (tertiary/aromatic N) is 3. The zero-order valence-electron chi connectivity index (χ0n) is 16.4. The van der Waals surface area contributed by atoms with Crippen LogP contribution in [0.3, 0.4) is 0 Å². The fraction of sp³-hybridized carbons (Fsp3) is 0.143. The van der Waals surface area contributed by atoms with Crippen LogP contribution in [-0.2, 0) is 4.79 Å². The first-order valence-corrected chi connectivity index (χ1v) is 8.99. The first kappa shape index (κ1) is 20.7. The third-order valence-corrected chi connectivity index (χ3v) is 4.48. The van der Waals surface area contributed by atoms with Gasteiger partial charge in [-0.05, 0) is 55.5 Å². The number of primary amides is 2. The van der Waals surface area contributed by atoms with Gasteiger partial charge in [0.05, 0.1) is 0 Å². The Morgan fingerprint density at radius 3 is 2.10 bits per heavy atom. The number of amides is 2. The monoisotopic (exact) mass is 409 g/mol. The average molecular weight is 409 g/mol. The predicted octanol–water partition coefficient (Wildman–Crippen LogP) is 2.48. The first-order valence-electron chi connectivity index (χ1n) is 8.99. The summed E-state index contributed by atoms with van der Waals surface area (Å²) in [4.78, 5) is 33.4. The van der Waals surface area contributed by atoms with Crippen molar-refractivity contribution < 1.29 is 18.7 Å². The van der Waals surface area contributed by atoms with Crippen molar-refractivity contribution in [2.24, 2.45) is 11.5 Å². The summed E-state index contributed by atoms with van der Waals surface area (Å²) >= 11 is 0. The van der Waals surface area contributed by atoms with Gasteiger partial charge in [0.15, 0.2) is 5.82 Å². The number of anilines is 1. The van der Waals surface area contributed by atoms with E-state index in [1.165, 1.54) is 35.2 Å². The largest absolute Gasteiger partial charge is 0.457 e. The van der Waals surface area contributed by atoms with Gasteiger partial charge in [-0.3, -0.25) is 9.59 Å². The van der Waals surface area contributed by atoms with E-state index in [-0.39, 0.29) is 17.3 Å². The number of hydrogen-bond donors (Lipinski definition) is 2. The number of carbonyl (C=O) groups is 2. The number of carbonyl (C=O) groups excluding carboxylic acids is 2. The van der Waals surface area contributed by atoms with Gasteiger partial charge in [-0.15, -0.1) is 0 Å². The minimum Gasteiger partial charge on any atom is -0.457 e. The third kappa shape index (κ3) is 4.69. The summed E-state index contributed by atoms with van der Waals surface area (Å²) in [6, 6.07) is 13.2. The summed E-state index contributed by atoms with van der Waals surface area (Å²) in [5.74, 6) is -0.0334. The molecule has 0 aliphatic rings. The van der Waals surface area contributed by atoms with E-state index in [4.69, 9.17) is 16.2 Å². The quantitative estimate of drug-likeness (QED) is 0.618. The molecule has 154 valence electrons. The van der Waals surface area contributed by atoms with Gasteiger partial charge in [-0.2, -0.15) is 0 Å². The van der Waals surface area contributed by atoms with E-state index in [9.17, 15) is 14.0 Å². The molecule has 0 saturated carbocycles. The van der Waals surface area contributed by atoms with E-state index in [2.05, 4.69) is 9.97 Å². The van der Waals surface area contributed by atoms with Crippen molar-refractivity contribution in [3.8, 4) is 22.9 Å². The SMILES string of the molecule is C[C@H](C(N)=O)N(C)c1cc(C(N)=O)nc(-c2ccc(Oc3ccc(F)cc3)cc2)n1. The molecule has 1 heterocycles. The van der Waals surface area contributed by atoms with Crippen molar-refractivity contribution in [3.63, 3.8) is 0 Å². The van der Waals surface area contributed by atoms with Crippen LogP contribution in [-0.4, -0.2) is 34.9 Å². The molecule has 0 aliphatic carbocycles. The van der Waals surface area contributed by atoms with Crippen LogP contribution in [0.1, 0.15) is 17.4 Å². The highest BCUT2D eigenvalue weighted by molar-refractivity contribution is 5.92. The molecule has 1 atom stereocenters. The lowest BCUT2D eigenvalue weighted by atomic mass is 10.2. The summed E-state index contributed by atoms with van der Waals surface area (Å²) in [7, 11) is 1.63. The van der Waals surface area contributed by atoms with Gasteiger partial charge in [0.25, 0.3) is 5.91 Å². The summed E-state index contributed by atoms with van der Waals surface area (Å²) in [5.41, 5.74) is 11.4. The molecule has 0 saturated heterocycles. The maximum atomic E-state index is 13.0. The number of hydrogen-bond acceptors (Lipinski definition) is 6. The Morgan fingerprint density at radius 2 is 1.57 bits per heavy atom. The molecule has 3 rings (SSSR count). The van der Waals surface area contributed by atoms with E-state index < -0.39 is 17.9 Å². The molecular weight excluding hydrogens is 389 g/mol. The number of benzene rings is 2. The van der Waals surface area contributed by atoms with Crippen molar-refractivity contribution in [2.75, 3.05) is 11.9 Å². The molecule has 9 heteroatoms.